The molecule has 18 heavy (non-hydrogen) atoms. The SMILES string of the molecule is COC(=O)[C@H](CN)NC(=O)c1c(Cl)cccc1Cl. The van der Waals surface area contributed by atoms with Crippen LogP contribution in [0.25, 0.3) is 0 Å². The quantitative estimate of drug-likeness (QED) is 0.817. The maximum absolute atomic E-state index is 11.9. The van der Waals surface area contributed by atoms with Crippen molar-refractivity contribution in [3.05, 3.63) is 33.8 Å². The summed E-state index contributed by atoms with van der Waals surface area (Å²) in [6.45, 7) is -0.0829. The number of halogens is 2. The first-order valence-electron chi connectivity index (χ1n) is 5.04. The van der Waals surface area contributed by atoms with Gasteiger partial charge in [-0.15, -0.1) is 0 Å². The number of nitrogens with two attached hydrogens (primary N) is 1. The highest BCUT2D eigenvalue weighted by molar-refractivity contribution is 6.39. The Hall–Kier alpha value is -1.30. The first-order chi connectivity index (χ1) is 8.51. The summed E-state index contributed by atoms with van der Waals surface area (Å²) >= 11 is 11.7. The Morgan fingerprint density at radius 2 is 1.94 bits per heavy atom. The molecule has 1 aromatic carbocycles. The molecule has 1 atom stereocenters. The minimum Gasteiger partial charge on any atom is -0.467 e. The highest BCUT2D eigenvalue weighted by atomic mass is 35.5. The third-order valence-corrected chi connectivity index (χ3v) is 2.85. The van der Waals surface area contributed by atoms with Gasteiger partial charge in [-0.25, -0.2) is 4.79 Å². The van der Waals surface area contributed by atoms with Crippen molar-refractivity contribution in [3.8, 4) is 0 Å². The molecule has 0 saturated heterocycles. The van der Waals surface area contributed by atoms with Gasteiger partial charge in [-0.05, 0) is 12.1 Å². The van der Waals surface area contributed by atoms with Gasteiger partial charge in [0.05, 0.1) is 22.7 Å². The largest absolute Gasteiger partial charge is 0.467 e. The van der Waals surface area contributed by atoms with Gasteiger partial charge in [-0.3, -0.25) is 4.79 Å². The van der Waals surface area contributed by atoms with Gasteiger partial charge in [0, 0.05) is 6.54 Å². The molecule has 0 aliphatic heterocycles. The summed E-state index contributed by atoms with van der Waals surface area (Å²) in [5.74, 6) is -1.21. The molecule has 1 rings (SSSR count). The van der Waals surface area contributed by atoms with Crippen molar-refractivity contribution in [1.82, 2.24) is 5.32 Å². The molecule has 0 aromatic heterocycles. The summed E-state index contributed by atoms with van der Waals surface area (Å²) in [7, 11) is 1.21. The van der Waals surface area contributed by atoms with Crippen LogP contribution in [0.15, 0.2) is 18.2 Å². The lowest BCUT2D eigenvalue weighted by Crippen LogP contribution is -2.46. The maximum Gasteiger partial charge on any atom is 0.329 e. The number of carbonyl (C=O) groups excluding carboxylic acids is 2. The Morgan fingerprint density at radius 1 is 1.39 bits per heavy atom. The Kier molecular flexibility index (Phi) is 5.40. The fourth-order valence-corrected chi connectivity index (χ4v) is 1.87. The van der Waals surface area contributed by atoms with Crippen LogP contribution in [-0.2, 0) is 9.53 Å². The highest BCUT2D eigenvalue weighted by Gasteiger charge is 2.22. The van der Waals surface area contributed by atoms with E-state index in [1.807, 2.05) is 0 Å². The summed E-state index contributed by atoms with van der Waals surface area (Å²) < 4.78 is 4.50. The number of carbonyl (C=O) groups is 2. The summed E-state index contributed by atoms with van der Waals surface area (Å²) in [5, 5.41) is 2.80. The Morgan fingerprint density at radius 3 is 2.39 bits per heavy atom. The molecule has 0 spiro atoms. The van der Waals surface area contributed by atoms with Gasteiger partial charge in [-0.1, -0.05) is 29.3 Å². The average Bonchev–Trinajstić information content (AvgIpc) is 2.34. The zero-order valence-corrected chi connectivity index (χ0v) is 11.1. The number of ether oxygens (including phenoxy) is 1. The zero-order valence-electron chi connectivity index (χ0n) is 9.57. The molecule has 0 heterocycles. The van der Waals surface area contributed by atoms with Gasteiger partial charge in [0.15, 0.2) is 0 Å². The van der Waals surface area contributed by atoms with Crippen LogP contribution in [0, 0.1) is 0 Å². The molecular weight excluding hydrogens is 279 g/mol. The molecule has 0 fully saturated rings. The minimum atomic E-state index is -0.935. The monoisotopic (exact) mass is 290 g/mol. The second-order valence-corrected chi connectivity index (χ2v) is 4.20. The Bertz CT molecular complexity index is 445. The Labute approximate surface area is 114 Å². The van der Waals surface area contributed by atoms with Gasteiger partial charge in [-0.2, -0.15) is 0 Å². The zero-order chi connectivity index (χ0) is 13.7. The van der Waals surface area contributed by atoms with Crippen LogP contribution >= 0.6 is 23.2 Å². The molecule has 1 aromatic rings. The van der Waals surface area contributed by atoms with Crippen LogP contribution < -0.4 is 11.1 Å². The van der Waals surface area contributed by atoms with Crippen LogP contribution in [0.3, 0.4) is 0 Å². The first-order valence-corrected chi connectivity index (χ1v) is 5.79. The van der Waals surface area contributed by atoms with E-state index in [1.165, 1.54) is 19.2 Å². The third-order valence-electron chi connectivity index (χ3n) is 2.22. The van der Waals surface area contributed by atoms with Crippen molar-refractivity contribution in [2.75, 3.05) is 13.7 Å². The lowest BCUT2D eigenvalue weighted by molar-refractivity contribution is -0.142. The molecule has 98 valence electrons. The molecule has 5 nitrogen and oxygen atoms in total. The van der Waals surface area contributed by atoms with E-state index in [9.17, 15) is 9.59 Å². The van der Waals surface area contributed by atoms with Crippen LogP contribution in [0.5, 0.6) is 0 Å². The van der Waals surface area contributed by atoms with E-state index in [2.05, 4.69) is 10.1 Å². The number of rotatable bonds is 4. The van der Waals surface area contributed by atoms with E-state index >= 15 is 0 Å². The van der Waals surface area contributed by atoms with E-state index in [0.717, 1.165) is 0 Å². The highest BCUT2D eigenvalue weighted by Crippen LogP contribution is 2.24. The molecular formula is C11H12Cl2N2O3. The number of hydrogen-bond acceptors (Lipinski definition) is 4. The summed E-state index contributed by atoms with van der Waals surface area (Å²) in [5.41, 5.74) is 5.47. The third kappa shape index (κ3) is 3.35. The molecule has 1 amide bonds. The van der Waals surface area contributed by atoms with Crippen LogP contribution in [-0.4, -0.2) is 31.6 Å². The van der Waals surface area contributed by atoms with Gasteiger partial charge in [0.1, 0.15) is 6.04 Å². The van der Waals surface area contributed by atoms with Crippen molar-refractivity contribution < 1.29 is 14.3 Å². The standard InChI is InChI=1S/C11H12Cl2N2O3/c1-18-11(17)8(5-14)15-10(16)9-6(12)3-2-4-7(9)13/h2-4,8H,5,14H2,1H3,(H,15,16)/t8-/m0/s1. The second kappa shape index (κ2) is 6.58. The summed E-state index contributed by atoms with van der Waals surface area (Å²) in [4.78, 5) is 23.2. The number of methoxy groups -OCH3 is 1. The second-order valence-electron chi connectivity index (χ2n) is 3.38. The predicted octanol–water partition coefficient (Wildman–Crippen LogP) is 1.22. The minimum absolute atomic E-state index is 0.0829. The van der Waals surface area contributed by atoms with Crippen LogP contribution in [0.4, 0.5) is 0 Å². The molecule has 0 aliphatic carbocycles. The van der Waals surface area contributed by atoms with Gasteiger partial charge in [0.25, 0.3) is 5.91 Å². The summed E-state index contributed by atoms with van der Waals surface area (Å²) in [6, 6.07) is 3.73. The van der Waals surface area contributed by atoms with E-state index < -0.39 is 17.9 Å². The molecule has 7 heteroatoms. The fourth-order valence-electron chi connectivity index (χ4n) is 1.30. The van der Waals surface area contributed by atoms with Crippen molar-refractivity contribution in [2.24, 2.45) is 5.73 Å². The molecule has 0 radical (unpaired) electrons. The smallest absolute Gasteiger partial charge is 0.329 e. The lowest BCUT2D eigenvalue weighted by atomic mass is 10.2. The summed E-state index contributed by atoms with van der Waals surface area (Å²) in [6.07, 6.45) is 0. The molecule has 3 N–H and O–H groups in total. The molecule has 0 unspecified atom stereocenters. The molecule has 0 bridgehead atoms. The van der Waals surface area contributed by atoms with Gasteiger partial charge < -0.3 is 15.8 Å². The van der Waals surface area contributed by atoms with Gasteiger partial charge >= 0.3 is 5.97 Å². The van der Waals surface area contributed by atoms with E-state index in [-0.39, 0.29) is 22.2 Å². The number of benzene rings is 1. The van der Waals surface area contributed by atoms with Gasteiger partial charge in [0.2, 0.25) is 0 Å². The number of hydrogen-bond donors (Lipinski definition) is 2. The number of amides is 1. The van der Waals surface area contributed by atoms with Crippen molar-refractivity contribution in [1.29, 1.82) is 0 Å². The average molecular weight is 291 g/mol. The number of esters is 1. The predicted molar refractivity (Wildman–Crippen MR) is 68.8 cm³/mol. The van der Waals surface area contributed by atoms with Crippen LogP contribution in [0.2, 0.25) is 10.0 Å². The Balaban J connectivity index is 2.91. The van der Waals surface area contributed by atoms with Crippen molar-refractivity contribution in [2.45, 2.75) is 6.04 Å². The lowest BCUT2D eigenvalue weighted by Gasteiger charge is -2.15. The fraction of sp³-hybridized carbons (Fsp3) is 0.273. The molecule has 0 aliphatic rings. The first kappa shape index (κ1) is 14.8. The normalized spacial score (nSPS) is 11.8. The van der Waals surface area contributed by atoms with E-state index in [4.69, 9.17) is 28.9 Å². The topological polar surface area (TPSA) is 81.4 Å². The number of nitrogens with one attached hydrogen (secondary N) is 1. The van der Waals surface area contributed by atoms with Crippen molar-refractivity contribution >= 4 is 35.1 Å². The van der Waals surface area contributed by atoms with Crippen molar-refractivity contribution in [3.63, 3.8) is 0 Å². The van der Waals surface area contributed by atoms with Crippen LogP contribution in [0.1, 0.15) is 10.4 Å². The van der Waals surface area contributed by atoms with E-state index in [0.29, 0.717) is 0 Å². The maximum atomic E-state index is 11.9. The molecule has 0 saturated carbocycles. The van der Waals surface area contributed by atoms with E-state index in [1.54, 1.807) is 6.07 Å².